The first-order chi connectivity index (χ1) is 13.4. The second-order valence-corrected chi connectivity index (χ2v) is 8.90. The molecule has 0 amide bonds. The summed E-state index contributed by atoms with van der Waals surface area (Å²) in [5, 5.41) is 0.769. The van der Waals surface area contributed by atoms with Gasteiger partial charge in [-0.1, -0.05) is 29.3 Å². The maximum atomic E-state index is 13.1. The quantitative estimate of drug-likeness (QED) is 0.617. The summed E-state index contributed by atoms with van der Waals surface area (Å²) in [6, 6.07) is 11.2. The molecule has 9 heteroatoms. The summed E-state index contributed by atoms with van der Waals surface area (Å²) in [7, 11) is -3.70. The molecule has 4 rings (SSSR count). The molecule has 1 aliphatic rings. The van der Waals surface area contributed by atoms with E-state index in [0.29, 0.717) is 40.2 Å². The van der Waals surface area contributed by atoms with Crippen molar-refractivity contribution in [2.45, 2.75) is 17.9 Å². The molecule has 0 saturated heterocycles. The van der Waals surface area contributed by atoms with Gasteiger partial charge in [-0.05, 0) is 30.7 Å². The highest BCUT2D eigenvalue weighted by atomic mass is 35.5. The Morgan fingerprint density at radius 1 is 1.07 bits per heavy atom. The van der Waals surface area contributed by atoms with Crippen molar-refractivity contribution in [3.8, 4) is 11.5 Å². The summed E-state index contributed by atoms with van der Waals surface area (Å²) in [4.78, 5) is 8.18. The number of hydrogen-bond donors (Lipinski definition) is 0. The largest absolute Gasteiger partial charge is 0.457 e. The van der Waals surface area contributed by atoms with Gasteiger partial charge in [0.15, 0.2) is 0 Å². The van der Waals surface area contributed by atoms with E-state index < -0.39 is 10.0 Å². The molecule has 6 nitrogen and oxygen atoms in total. The topological polar surface area (TPSA) is 72.4 Å². The van der Waals surface area contributed by atoms with Gasteiger partial charge in [0.25, 0.3) is 0 Å². The first kappa shape index (κ1) is 19.1. The molecule has 0 N–H and O–H groups in total. The molecule has 2 aromatic carbocycles. The third-order valence-electron chi connectivity index (χ3n) is 4.33. The van der Waals surface area contributed by atoms with Crippen molar-refractivity contribution in [2.24, 2.45) is 0 Å². The lowest BCUT2D eigenvalue weighted by Crippen LogP contribution is -2.36. The van der Waals surface area contributed by atoms with Gasteiger partial charge >= 0.3 is 0 Å². The van der Waals surface area contributed by atoms with Gasteiger partial charge in [-0.2, -0.15) is 4.31 Å². The zero-order valence-corrected chi connectivity index (χ0v) is 16.8. The van der Waals surface area contributed by atoms with Crippen LogP contribution in [0, 0.1) is 6.20 Å². The van der Waals surface area contributed by atoms with E-state index >= 15 is 0 Å². The van der Waals surface area contributed by atoms with E-state index in [1.807, 2.05) is 0 Å². The molecule has 1 aliphatic heterocycles. The smallest absolute Gasteiger partial charge is 0.243 e. The number of rotatable bonds is 4. The number of nitrogens with zero attached hydrogens (tertiary/aromatic N) is 3. The highest BCUT2D eigenvalue weighted by molar-refractivity contribution is 7.89. The van der Waals surface area contributed by atoms with Crippen LogP contribution in [0.4, 0.5) is 0 Å². The molecule has 2 heterocycles. The third kappa shape index (κ3) is 3.84. The fraction of sp³-hybridized carbons (Fsp3) is 0.158. The van der Waals surface area contributed by atoms with Crippen LogP contribution in [0.1, 0.15) is 11.3 Å². The first-order valence-electron chi connectivity index (χ1n) is 8.37. The predicted octanol–water partition coefficient (Wildman–Crippen LogP) is 4.12. The van der Waals surface area contributed by atoms with Crippen molar-refractivity contribution in [1.29, 1.82) is 0 Å². The third-order valence-corrected chi connectivity index (χ3v) is 6.91. The zero-order chi connectivity index (χ0) is 19.7. The number of aromatic nitrogens is 2. The van der Waals surface area contributed by atoms with Gasteiger partial charge in [-0.25, -0.2) is 18.4 Å². The van der Waals surface area contributed by atoms with Crippen molar-refractivity contribution < 1.29 is 13.2 Å². The lowest BCUT2D eigenvalue weighted by molar-refractivity contribution is 0.384. The zero-order valence-electron chi connectivity index (χ0n) is 14.5. The summed E-state index contributed by atoms with van der Waals surface area (Å²) in [5.74, 6) is 0.843. The molecule has 3 aromatic rings. The predicted molar refractivity (Wildman–Crippen MR) is 105 cm³/mol. The highest BCUT2D eigenvalue weighted by Crippen LogP contribution is 2.31. The molecule has 0 saturated carbocycles. The number of fused-ring (bicyclic) bond motifs is 1. The van der Waals surface area contributed by atoms with Crippen LogP contribution in [0.3, 0.4) is 0 Å². The Kier molecular flexibility index (Phi) is 5.25. The van der Waals surface area contributed by atoms with Gasteiger partial charge in [0, 0.05) is 24.2 Å². The van der Waals surface area contributed by atoms with Crippen LogP contribution in [-0.4, -0.2) is 29.2 Å². The summed E-state index contributed by atoms with van der Waals surface area (Å²) >= 11 is 11.9. The van der Waals surface area contributed by atoms with E-state index in [9.17, 15) is 8.42 Å². The first-order valence-corrected chi connectivity index (χ1v) is 10.6. The number of sulfonamides is 1. The van der Waals surface area contributed by atoms with Crippen LogP contribution in [0.5, 0.6) is 11.5 Å². The lowest BCUT2D eigenvalue weighted by Gasteiger charge is -2.26. The van der Waals surface area contributed by atoms with E-state index in [0.717, 1.165) is 5.56 Å². The minimum absolute atomic E-state index is 0.145. The Morgan fingerprint density at radius 3 is 2.71 bits per heavy atom. The molecule has 0 fully saturated rings. The summed E-state index contributed by atoms with van der Waals surface area (Å²) in [6.45, 7) is 0.533. The average molecular weight is 435 g/mol. The molecule has 0 unspecified atom stereocenters. The molecular weight excluding hydrogens is 421 g/mol. The van der Waals surface area contributed by atoms with Gasteiger partial charge in [0.1, 0.15) is 17.8 Å². The van der Waals surface area contributed by atoms with Crippen molar-refractivity contribution in [1.82, 2.24) is 14.3 Å². The van der Waals surface area contributed by atoms with Gasteiger partial charge in [0.05, 0.1) is 33.4 Å². The Balaban J connectivity index is 1.59. The molecule has 0 bridgehead atoms. The van der Waals surface area contributed by atoms with Gasteiger partial charge in [-0.3, -0.25) is 0 Å². The molecule has 28 heavy (non-hydrogen) atoms. The molecule has 0 aliphatic carbocycles. The normalized spacial score (nSPS) is 14.5. The van der Waals surface area contributed by atoms with Crippen LogP contribution < -0.4 is 4.74 Å². The van der Waals surface area contributed by atoms with Crippen molar-refractivity contribution in [3.05, 3.63) is 76.3 Å². The molecule has 0 atom stereocenters. The van der Waals surface area contributed by atoms with Gasteiger partial charge in [0.2, 0.25) is 10.0 Å². The van der Waals surface area contributed by atoms with Crippen molar-refractivity contribution in [2.75, 3.05) is 6.54 Å². The number of halogens is 2. The van der Waals surface area contributed by atoms with Crippen LogP contribution in [0.2, 0.25) is 10.0 Å². The van der Waals surface area contributed by atoms with E-state index in [4.69, 9.17) is 27.9 Å². The van der Waals surface area contributed by atoms with E-state index in [2.05, 4.69) is 16.2 Å². The van der Waals surface area contributed by atoms with Crippen molar-refractivity contribution in [3.63, 3.8) is 0 Å². The molecule has 143 valence electrons. The van der Waals surface area contributed by atoms with Crippen LogP contribution in [0.25, 0.3) is 0 Å². The fourth-order valence-electron chi connectivity index (χ4n) is 2.90. The van der Waals surface area contributed by atoms with E-state index in [-0.39, 0.29) is 11.4 Å². The minimum atomic E-state index is -3.70. The fourth-order valence-corrected chi connectivity index (χ4v) is 4.62. The monoisotopic (exact) mass is 434 g/mol. The Hall–Kier alpha value is -2.19. The Labute approximate surface area is 172 Å². The Bertz CT molecular complexity index is 1140. The highest BCUT2D eigenvalue weighted by Gasteiger charge is 2.29. The van der Waals surface area contributed by atoms with Crippen LogP contribution >= 0.6 is 23.2 Å². The Morgan fingerprint density at radius 2 is 1.89 bits per heavy atom. The van der Waals surface area contributed by atoms with Crippen LogP contribution in [-0.2, 0) is 23.0 Å². The van der Waals surface area contributed by atoms with E-state index in [1.165, 1.54) is 16.7 Å². The molecular formula is C19H14Cl2N3O3S. The molecule has 1 radical (unpaired) electrons. The number of benzene rings is 2. The van der Waals surface area contributed by atoms with Gasteiger partial charge < -0.3 is 4.74 Å². The molecule has 1 aromatic heterocycles. The lowest BCUT2D eigenvalue weighted by atomic mass is 10.1. The molecule has 0 spiro atoms. The van der Waals surface area contributed by atoms with Gasteiger partial charge in [-0.15, -0.1) is 0 Å². The second kappa shape index (κ2) is 7.67. The number of hydrogen-bond acceptors (Lipinski definition) is 5. The summed E-state index contributed by atoms with van der Waals surface area (Å²) < 4.78 is 33.3. The number of ether oxygens (including phenoxy) is 1. The maximum absolute atomic E-state index is 13.1. The second-order valence-electron chi connectivity index (χ2n) is 6.15. The van der Waals surface area contributed by atoms with E-state index in [1.54, 1.807) is 36.4 Å². The minimum Gasteiger partial charge on any atom is -0.457 e. The summed E-state index contributed by atoms with van der Waals surface area (Å²) in [5.41, 5.74) is 1.53. The van der Waals surface area contributed by atoms with Crippen LogP contribution in [0.15, 0.2) is 53.7 Å². The van der Waals surface area contributed by atoms with Crippen molar-refractivity contribution >= 4 is 33.2 Å². The SMILES string of the molecule is O=S(=O)(c1cccc(Oc2ccc(Cl)c(Cl)c2)c1)N1CCc2[c]ncnc2C1. The standard InChI is InChI=1S/C19H14Cl2N3O3S/c20-17-5-4-15(9-18(17)21)27-14-2-1-3-16(8-14)28(25,26)24-7-6-13-10-22-12-23-19(13)11-24/h1-5,8-9,12H,6-7,11H2. The average Bonchev–Trinajstić information content (AvgIpc) is 2.70. The summed E-state index contributed by atoms with van der Waals surface area (Å²) in [6.07, 6.45) is 4.77. The maximum Gasteiger partial charge on any atom is 0.243 e.